The van der Waals surface area contributed by atoms with Gasteiger partial charge in [-0.25, -0.2) is 4.98 Å². The number of hydrogen-bond donors (Lipinski definition) is 1. The van der Waals surface area contributed by atoms with Gasteiger partial charge < -0.3 is 9.73 Å². The Morgan fingerprint density at radius 3 is 2.76 bits per heavy atom. The summed E-state index contributed by atoms with van der Waals surface area (Å²) in [7, 11) is 0. The fourth-order valence-corrected chi connectivity index (χ4v) is 1.71. The van der Waals surface area contributed by atoms with Crippen molar-refractivity contribution in [3.8, 4) is 0 Å². The molecule has 0 fully saturated rings. The zero-order chi connectivity index (χ0) is 15.6. The van der Waals surface area contributed by atoms with Gasteiger partial charge in [-0.3, -0.25) is 14.9 Å². The number of hydrogen-bond acceptors (Lipinski definition) is 5. The molecule has 0 bridgehead atoms. The fraction of sp³-hybridized carbons (Fsp3) is 0.231. The first-order valence-corrected chi connectivity index (χ1v) is 6.05. The van der Waals surface area contributed by atoms with Gasteiger partial charge in [-0.15, -0.1) is 0 Å². The molecule has 2 aromatic rings. The number of carbonyl (C=O) groups excluding carboxylic acids is 1. The molecule has 1 heterocycles. The van der Waals surface area contributed by atoms with Crippen LogP contribution in [0.3, 0.4) is 0 Å². The molecule has 0 aliphatic carbocycles. The molecular weight excluding hydrogens is 281 g/mol. The molecule has 1 aromatic heterocycles. The third-order valence-electron chi connectivity index (χ3n) is 2.76. The van der Waals surface area contributed by atoms with E-state index < -0.39 is 28.4 Å². The first kappa shape index (κ1) is 14.6. The van der Waals surface area contributed by atoms with Gasteiger partial charge in [-0.1, -0.05) is 0 Å². The Morgan fingerprint density at radius 2 is 2.24 bits per heavy atom. The van der Waals surface area contributed by atoms with Crippen LogP contribution in [0.1, 0.15) is 35.0 Å². The summed E-state index contributed by atoms with van der Waals surface area (Å²) in [5, 5.41) is 13.1. The van der Waals surface area contributed by atoms with Crippen LogP contribution < -0.4 is 5.32 Å². The molecule has 0 aliphatic rings. The zero-order valence-corrected chi connectivity index (χ0v) is 11.3. The van der Waals surface area contributed by atoms with Gasteiger partial charge in [0.2, 0.25) is 11.7 Å². The van der Waals surface area contributed by atoms with Gasteiger partial charge in [-0.2, -0.15) is 4.39 Å². The van der Waals surface area contributed by atoms with E-state index in [1.807, 2.05) is 0 Å². The predicted octanol–water partition coefficient (Wildman–Crippen LogP) is 2.52. The fourth-order valence-electron chi connectivity index (χ4n) is 1.71. The van der Waals surface area contributed by atoms with Gasteiger partial charge >= 0.3 is 5.69 Å². The van der Waals surface area contributed by atoms with Crippen molar-refractivity contribution in [1.29, 1.82) is 0 Å². The maximum Gasteiger partial charge on any atom is 0.304 e. The van der Waals surface area contributed by atoms with E-state index in [1.165, 1.54) is 12.3 Å². The standard InChI is InChI=1S/C13H12FN3O4/c1-7-6-15-13(21-7)8(2)16-12(18)9-3-4-11(17(19)20)10(14)5-9/h3-6,8H,1-2H3,(H,16,18). The maximum absolute atomic E-state index is 13.5. The van der Waals surface area contributed by atoms with Gasteiger partial charge in [-0.05, 0) is 26.0 Å². The molecule has 2 rings (SSSR count). The Balaban J connectivity index is 2.13. The van der Waals surface area contributed by atoms with E-state index in [2.05, 4.69) is 10.3 Å². The number of nitro benzene ring substituents is 1. The van der Waals surface area contributed by atoms with Crippen LogP contribution in [0.5, 0.6) is 0 Å². The quantitative estimate of drug-likeness (QED) is 0.689. The highest BCUT2D eigenvalue weighted by Gasteiger charge is 2.19. The van der Waals surface area contributed by atoms with Crippen molar-refractivity contribution < 1.29 is 18.5 Å². The molecule has 1 N–H and O–H groups in total. The molecule has 0 spiro atoms. The monoisotopic (exact) mass is 293 g/mol. The number of nitrogens with one attached hydrogen (secondary N) is 1. The summed E-state index contributed by atoms with van der Waals surface area (Å²) < 4.78 is 18.7. The molecule has 1 amide bonds. The van der Waals surface area contributed by atoms with Crippen LogP contribution in [0, 0.1) is 22.9 Å². The molecule has 7 nitrogen and oxygen atoms in total. The first-order valence-electron chi connectivity index (χ1n) is 6.05. The van der Waals surface area contributed by atoms with Gasteiger partial charge in [0.15, 0.2) is 0 Å². The van der Waals surface area contributed by atoms with E-state index in [0.717, 1.165) is 12.1 Å². The SMILES string of the molecule is Cc1cnc(C(C)NC(=O)c2ccc([N+](=O)[O-])c(F)c2)o1. The van der Waals surface area contributed by atoms with Crippen molar-refractivity contribution in [3.05, 3.63) is 57.5 Å². The smallest absolute Gasteiger partial charge is 0.304 e. The minimum Gasteiger partial charge on any atom is -0.444 e. The maximum atomic E-state index is 13.5. The normalized spacial score (nSPS) is 12.0. The van der Waals surface area contributed by atoms with E-state index in [4.69, 9.17) is 4.42 Å². The summed E-state index contributed by atoms with van der Waals surface area (Å²) in [6.07, 6.45) is 1.52. The minimum absolute atomic E-state index is 0.0202. The summed E-state index contributed by atoms with van der Waals surface area (Å²) in [5.74, 6) is -0.713. The number of benzene rings is 1. The lowest BCUT2D eigenvalue weighted by Crippen LogP contribution is -2.27. The van der Waals surface area contributed by atoms with Crippen molar-refractivity contribution >= 4 is 11.6 Å². The lowest BCUT2D eigenvalue weighted by molar-refractivity contribution is -0.387. The highest BCUT2D eigenvalue weighted by atomic mass is 19.1. The highest BCUT2D eigenvalue weighted by Crippen LogP contribution is 2.19. The van der Waals surface area contributed by atoms with Crippen LogP contribution in [0.15, 0.2) is 28.8 Å². The van der Waals surface area contributed by atoms with Crippen molar-refractivity contribution in [3.63, 3.8) is 0 Å². The van der Waals surface area contributed by atoms with E-state index in [1.54, 1.807) is 13.8 Å². The minimum atomic E-state index is -1.06. The molecule has 1 unspecified atom stereocenters. The van der Waals surface area contributed by atoms with Crippen LogP contribution in [0.4, 0.5) is 10.1 Å². The summed E-state index contributed by atoms with van der Waals surface area (Å²) in [5.41, 5.74) is -0.698. The third kappa shape index (κ3) is 3.22. The molecule has 0 saturated heterocycles. The Bertz CT molecular complexity index is 698. The number of rotatable bonds is 4. The van der Waals surface area contributed by atoms with Crippen LogP contribution in [0.2, 0.25) is 0 Å². The molecule has 0 aliphatic heterocycles. The third-order valence-corrected chi connectivity index (χ3v) is 2.76. The molecule has 0 radical (unpaired) electrons. The average molecular weight is 293 g/mol. The number of oxazole rings is 1. The van der Waals surface area contributed by atoms with Gasteiger partial charge in [0.25, 0.3) is 5.91 Å². The van der Waals surface area contributed by atoms with Crippen molar-refractivity contribution in [2.75, 3.05) is 0 Å². The second-order valence-electron chi connectivity index (χ2n) is 4.43. The number of amides is 1. The zero-order valence-electron chi connectivity index (χ0n) is 11.3. The largest absolute Gasteiger partial charge is 0.444 e. The highest BCUT2D eigenvalue weighted by molar-refractivity contribution is 5.94. The van der Waals surface area contributed by atoms with E-state index in [9.17, 15) is 19.3 Å². The van der Waals surface area contributed by atoms with Crippen molar-refractivity contribution in [2.24, 2.45) is 0 Å². The summed E-state index contributed by atoms with van der Waals surface area (Å²) in [6.45, 7) is 3.38. The lowest BCUT2D eigenvalue weighted by atomic mass is 10.1. The van der Waals surface area contributed by atoms with Crippen molar-refractivity contribution in [2.45, 2.75) is 19.9 Å². The molecule has 0 saturated carbocycles. The van der Waals surface area contributed by atoms with E-state index in [-0.39, 0.29) is 5.56 Å². The second kappa shape index (κ2) is 5.70. The van der Waals surface area contributed by atoms with Crippen LogP contribution in [0.25, 0.3) is 0 Å². The Hall–Kier alpha value is -2.77. The molecular formula is C13H12FN3O4. The Morgan fingerprint density at radius 1 is 1.52 bits per heavy atom. The molecule has 1 aromatic carbocycles. The van der Waals surface area contributed by atoms with Crippen molar-refractivity contribution in [1.82, 2.24) is 10.3 Å². The second-order valence-corrected chi connectivity index (χ2v) is 4.43. The first-order chi connectivity index (χ1) is 9.88. The number of carbonyl (C=O) groups is 1. The summed E-state index contributed by atoms with van der Waals surface area (Å²) in [6, 6.07) is 2.44. The predicted molar refractivity (Wildman–Crippen MR) is 70.2 cm³/mol. The van der Waals surface area contributed by atoms with Gasteiger partial charge in [0.05, 0.1) is 11.1 Å². The van der Waals surface area contributed by atoms with E-state index >= 15 is 0 Å². The molecule has 8 heteroatoms. The Labute approximate surface area is 118 Å². The van der Waals surface area contributed by atoms with Gasteiger partial charge in [0, 0.05) is 11.6 Å². The number of nitrogens with zero attached hydrogens (tertiary/aromatic N) is 2. The topological polar surface area (TPSA) is 98.3 Å². The van der Waals surface area contributed by atoms with Crippen LogP contribution in [-0.2, 0) is 0 Å². The summed E-state index contributed by atoms with van der Waals surface area (Å²) >= 11 is 0. The lowest BCUT2D eigenvalue weighted by Gasteiger charge is -2.10. The number of aryl methyl sites for hydroxylation is 1. The molecule has 110 valence electrons. The average Bonchev–Trinajstić information content (AvgIpc) is 2.84. The molecule has 1 atom stereocenters. The number of aromatic nitrogens is 1. The van der Waals surface area contributed by atoms with E-state index in [0.29, 0.717) is 11.7 Å². The van der Waals surface area contributed by atoms with Gasteiger partial charge in [0.1, 0.15) is 11.8 Å². The number of halogens is 1. The number of nitro groups is 1. The Kier molecular flexibility index (Phi) is 3.97. The molecule has 21 heavy (non-hydrogen) atoms. The van der Waals surface area contributed by atoms with Crippen LogP contribution >= 0.6 is 0 Å². The van der Waals surface area contributed by atoms with Crippen LogP contribution in [-0.4, -0.2) is 15.8 Å². The summed E-state index contributed by atoms with van der Waals surface area (Å²) in [4.78, 5) is 25.6.